The molecule has 0 aliphatic carbocycles. The van der Waals surface area contributed by atoms with Gasteiger partial charge in [0.05, 0.1) is 0 Å². The largest absolute Gasteiger partial charge is 0.331 e. The molecule has 0 aromatic heterocycles. The van der Waals surface area contributed by atoms with Crippen LogP contribution in [0.15, 0.2) is 0 Å². The van der Waals surface area contributed by atoms with Crippen molar-refractivity contribution in [2.24, 2.45) is 0 Å². The minimum absolute atomic E-state index is 0.0185. The quantitative estimate of drug-likeness (QED) is 0.528. The molecule has 2 amide bonds. The predicted molar refractivity (Wildman–Crippen MR) is 48.7 cm³/mol. The lowest BCUT2D eigenvalue weighted by Gasteiger charge is -2.16. The van der Waals surface area contributed by atoms with Gasteiger partial charge in [0.15, 0.2) is 0 Å². The smallest absolute Gasteiger partial charge is 0.318 e. The highest BCUT2D eigenvalue weighted by Gasteiger charge is 2.02. The first-order valence-electron chi connectivity index (χ1n) is 3.85. The van der Waals surface area contributed by atoms with Crippen molar-refractivity contribution >= 4 is 6.03 Å². The van der Waals surface area contributed by atoms with Gasteiger partial charge < -0.3 is 9.80 Å². The predicted octanol–water partition coefficient (Wildman–Crippen LogP) is 1.65. The summed E-state index contributed by atoms with van der Waals surface area (Å²) in [6.07, 6.45) is 1.25. The molecule has 68 valence electrons. The molecular weight excluding hydrogens is 140 g/mol. The molecule has 0 atom stereocenters. The zero-order valence-corrected chi connectivity index (χ0v) is 8.51. The second kappa shape index (κ2) is 7.38. The summed E-state index contributed by atoms with van der Waals surface area (Å²) in [4.78, 5) is 13.8. The van der Waals surface area contributed by atoms with Crippen LogP contribution in [0.25, 0.3) is 0 Å². The topological polar surface area (TPSA) is 23.6 Å². The van der Waals surface area contributed by atoms with Crippen LogP contribution in [0, 0.1) is 0 Å². The second-order valence-electron chi connectivity index (χ2n) is 2.78. The lowest BCUT2D eigenvalue weighted by Crippen LogP contribution is -2.33. The van der Waals surface area contributed by atoms with Gasteiger partial charge in [0.1, 0.15) is 0 Å². The fourth-order valence-electron chi connectivity index (χ4n) is 0.400. The number of hydrogen-bond acceptors (Lipinski definition) is 1. The molecule has 3 heteroatoms. The molecule has 0 radical (unpaired) electrons. The summed E-state index contributed by atoms with van der Waals surface area (Å²) in [6.45, 7) is 4.25. The Morgan fingerprint density at radius 1 is 1.00 bits per heavy atom. The summed E-state index contributed by atoms with van der Waals surface area (Å²) in [5.41, 5.74) is 0. The van der Waals surface area contributed by atoms with Crippen molar-refractivity contribution in [2.75, 3.05) is 28.2 Å². The van der Waals surface area contributed by atoms with Crippen LogP contribution in [0.1, 0.15) is 20.3 Å². The van der Waals surface area contributed by atoms with E-state index in [9.17, 15) is 4.79 Å². The van der Waals surface area contributed by atoms with Gasteiger partial charge in [-0.3, -0.25) is 0 Å². The lowest BCUT2D eigenvalue weighted by molar-refractivity contribution is 0.191. The normalized spacial score (nSPS) is 7.82. The van der Waals surface area contributed by atoms with Crippen molar-refractivity contribution in [1.29, 1.82) is 0 Å². The average molecular weight is 160 g/mol. The van der Waals surface area contributed by atoms with Crippen LogP contribution >= 0.6 is 0 Å². The molecule has 0 aliphatic rings. The Hall–Kier alpha value is -0.730. The highest BCUT2D eigenvalue weighted by molar-refractivity contribution is 5.72. The van der Waals surface area contributed by atoms with Crippen LogP contribution in [-0.2, 0) is 0 Å². The summed E-state index contributed by atoms with van der Waals surface area (Å²) in [5.74, 6) is 0. The summed E-state index contributed by atoms with van der Waals surface area (Å²) in [6, 6.07) is 0.0185. The maximum atomic E-state index is 10.7. The Kier molecular flexibility index (Phi) is 8.65. The Balaban J connectivity index is 0. The minimum Gasteiger partial charge on any atom is -0.331 e. The second-order valence-corrected chi connectivity index (χ2v) is 2.78. The summed E-state index contributed by atoms with van der Waals surface area (Å²) in [7, 11) is 6.90. The maximum Gasteiger partial charge on any atom is 0.318 e. The monoisotopic (exact) mass is 160 g/mol. The van der Waals surface area contributed by atoms with E-state index in [-0.39, 0.29) is 6.03 Å². The molecule has 0 aliphatic heterocycles. The highest BCUT2D eigenvalue weighted by Crippen LogP contribution is 1.83. The van der Waals surface area contributed by atoms with Gasteiger partial charge in [-0.15, -0.1) is 0 Å². The molecule has 0 unspecified atom stereocenters. The molecule has 0 spiro atoms. The SMILES string of the molecule is CCC.CN(C)C(=O)N(C)C. The van der Waals surface area contributed by atoms with Crippen molar-refractivity contribution in [3.8, 4) is 0 Å². The number of rotatable bonds is 0. The number of carbonyl (C=O) groups excluding carboxylic acids is 1. The van der Waals surface area contributed by atoms with Gasteiger partial charge in [0.2, 0.25) is 0 Å². The van der Waals surface area contributed by atoms with E-state index in [1.165, 1.54) is 16.2 Å². The molecule has 0 N–H and O–H groups in total. The van der Waals surface area contributed by atoms with Gasteiger partial charge in [0.25, 0.3) is 0 Å². The summed E-state index contributed by atoms with van der Waals surface area (Å²) >= 11 is 0. The molecule has 0 rings (SSSR count). The first-order valence-corrected chi connectivity index (χ1v) is 3.85. The Labute approximate surface area is 70.0 Å². The van der Waals surface area contributed by atoms with Crippen molar-refractivity contribution in [3.05, 3.63) is 0 Å². The molecule has 3 nitrogen and oxygen atoms in total. The zero-order chi connectivity index (χ0) is 9.44. The standard InChI is InChI=1S/C5H12N2O.C3H8/c1-6(2)5(8)7(3)4;1-3-2/h1-4H3;3H2,1-2H3. The number of nitrogens with zero attached hydrogens (tertiary/aromatic N) is 2. The van der Waals surface area contributed by atoms with E-state index >= 15 is 0 Å². The third kappa shape index (κ3) is 9.27. The highest BCUT2D eigenvalue weighted by atomic mass is 16.2. The van der Waals surface area contributed by atoms with Crippen molar-refractivity contribution in [1.82, 2.24) is 9.80 Å². The van der Waals surface area contributed by atoms with Gasteiger partial charge in [-0.1, -0.05) is 20.3 Å². The molecule has 11 heavy (non-hydrogen) atoms. The number of hydrogen-bond donors (Lipinski definition) is 0. The van der Waals surface area contributed by atoms with E-state index in [0.717, 1.165) is 0 Å². The van der Waals surface area contributed by atoms with Gasteiger partial charge in [-0.2, -0.15) is 0 Å². The molecule has 0 heterocycles. The molecular formula is C8H20N2O. The molecule has 0 saturated heterocycles. The minimum atomic E-state index is 0.0185. The zero-order valence-electron chi connectivity index (χ0n) is 8.51. The van der Waals surface area contributed by atoms with Gasteiger partial charge in [-0.05, 0) is 0 Å². The third-order valence-electron chi connectivity index (χ3n) is 0.765. The van der Waals surface area contributed by atoms with E-state index in [0.29, 0.717) is 0 Å². The average Bonchev–Trinajstić information content (AvgIpc) is 1.87. The van der Waals surface area contributed by atoms with Crippen molar-refractivity contribution in [3.63, 3.8) is 0 Å². The van der Waals surface area contributed by atoms with E-state index in [2.05, 4.69) is 13.8 Å². The summed E-state index contributed by atoms with van der Waals surface area (Å²) < 4.78 is 0. The maximum absolute atomic E-state index is 10.7. The van der Waals surface area contributed by atoms with E-state index in [1.807, 2.05) is 0 Å². The molecule has 0 saturated carbocycles. The number of amides is 2. The van der Waals surface area contributed by atoms with E-state index < -0.39 is 0 Å². The Morgan fingerprint density at radius 2 is 1.18 bits per heavy atom. The molecule has 0 aromatic carbocycles. The van der Waals surface area contributed by atoms with Gasteiger partial charge >= 0.3 is 6.03 Å². The van der Waals surface area contributed by atoms with E-state index in [4.69, 9.17) is 0 Å². The van der Waals surface area contributed by atoms with Crippen LogP contribution in [0.5, 0.6) is 0 Å². The fourth-order valence-corrected chi connectivity index (χ4v) is 0.400. The Bertz CT molecular complexity index is 90.3. The number of urea groups is 1. The molecule has 0 bridgehead atoms. The van der Waals surface area contributed by atoms with Crippen LogP contribution in [0.2, 0.25) is 0 Å². The van der Waals surface area contributed by atoms with Crippen LogP contribution in [-0.4, -0.2) is 44.0 Å². The lowest BCUT2D eigenvalue weighted by atomic mass is 10.6. The van der Waals surface area contributed by atoms with Crippen molar-refractivity contribution < 1.29 is 4.79 Å². The first-order chi connectivity index (χ1) is 4.97. The molecule has 0 aromatic rings. The van der Waals surface area contributed by atoms with E-state index in [1.54, 1.807) is 28.2 Å². The third-order valence-corrected chi connectivity index (χ3v) is 0.765. The summed E-state index contributed by atoms with van der Waals surface area (Å²) in [5, 5.41) is 0. The fraction of sp³-hybridized carbons (Fsp3) is 0.875. The first kappa shape index (κ1) is 12.9. The van der Waals surface area contributed by atoms with Gasteiger partial charge in [0, 0.05) is 28.2 Å². The number of carbonyl (C=O) groups is 1. The van der Waals surface area contributed by atoms with Gasteiger partial charge in [-0.25, -0.2) is 4.79 Å². The van der Waals surface area contributed by atoms with Crippen molar-refractivity contribution in [2.45, 2.75) is 20.3 Å². The van der Waals surface area contributed by atoms with Crippen LogP contribution < -0.4 is 0 Å². The van der Waals surface area contributed by atoms with Crippen LogP contribution in [0.3, 0.4) is 0 Å². The molecule has 0 fully saturated rings. The Morgan fingerprint density at radius 3 is 1.18 bits per heavy atom. The van der Waals surface area contributed by atoms with Crippen LogP contribution in [0.4, 0.5) is 4.79 Å².